The predicted octanol–water partition coefficient (Wildman–Crippen LogP) is 18.9. The van der Waals surface area contributed by atoms with Crippen molar-refractivity contribution in [1.82, 2.24) is 0 Å². The second-order valence-electron chi connectivity index (χ2n) is 20.2. The summed E-state index contributed by atoms with van der Waals surface area (Å²) in [6.45, 7) is 0. The zero-order chi connectivity index (χ0) is 49.5. The average molecular weight is 952 g/mol. The van der Waals surface area contributed by atoms with E-state index in [1.807, 2.05) is 0 Å². The van der Waals surface area contributed by atoms with Crippen LogP contribution in [0.15, 0.2) is 297 Å². The minimum absolute atomic E-state index is 0.494. The van der Waals surface area contributed by atoms with E-state index in [-0.39, 0.29) is 0 Å². The van der Waals surface area contributed by atoms with Crippen molar-refractivity contribution < 1.29 is 0 Å². The molecule has 0 radical (unpaired) electrons. The van der Waals surface area contributed by atoms with Gasteiger partial charge >= 0.3 is 0 Å². The molecule has 350 valence electrons. The normalized spacial score (nSPS) is 13.5. The molecule has 3 aliphatic carbocycles. The van der Waals surface area contributed by atoms with E-state index in [0.29, 0.717) is 0 Å². The van der Waals surface area contributed by atoms with Gasteiger partial charge in [-0.25, -0.2) is 0 Å². The molecule has 15 rings (SSSR count). The Labute approximate surface area is 439 Å². The molecule has 1 nitrogen and oxygen atoms in total. The van der Waals surface area contributed by atoms with Crippen molar-refractivity contribution in [1.29, 1.82) is 0 Å². The first kappa shape index (κ1) is 43.1. The number of hydrogen-bond acceptors (Lipinski definition) is 1. The van der Waals surface area contributed by atoms with Gasteiger partial charge in [-0.1, -0.05) is 255 Å². The SMILES string of the molecule is c1ccc(-c2cc(-c3ccccc3)cc(-c3ccc(N(c4cccc5c4-c4ccccc4C5(c4ccccc4)c4ccccc4)c4cccc5c4-c4ccccc4C54c5ccccc5-c5ccccc54)cc3)c2)cc1. The first-order valence-corrected chi connectivity index (χ1v) is 26.2. The van der Waals surface area contributed by atoms with E-state index in [2.05, 4.69) is 302 Å². The molecule has 0 saturated carbocycles. The maximum absolute atomic E-state index is 2.59. The largest absolute Gasteiger partial charge is 0.309 e. The van der Waals surface area contributed by atoms with Crippen LogP contribution in [-0.2, 0) is 10.8 Å². The number of hydrogen-bond donors (Lipinski definition) is 0. The molecule has 12 aromatic rings. The Morgan fingerprint density at radius 1 is 0.213 bits per heavy atom. The third kappa shape index (κ3) is 6.25. The van der Waals surface area contributed by atoms with Gasteiger partial charge in [0.1, 0.15) is 0 Å². The molecule has 0 bridgehead atoms. The Hall–Kier alpha value is -9.56. The topological polar surface area (TPSA) is 3.24 Å². The summed E-state index contributed by atoms with van der Waals surface area (Å²) >= 11 is 0. The molecule has 12 aromatic carbocycles. The summed E-state index contributed by atoms with van der Waals surface area (Å²) in [7, 11) is 0. The number of rotatable bonds is 8. The molecule has 0 amide bonds. The van der Waals surface area contributed by atoms with E-state index in [9.17, 15) is 0 Å². The molecule has 0 heterocycles. The third-order valence-electron chi connectivity index (χ3n) is 16.5. The van der Waals surface area contributed by atoms with Crippen LogP contribution in [-0.4, -0.2) is 0 Å². The van der Waals surface area contributed by atoms with Gasteiger partial charge in [-0.2, -0.15) is 0 Å². The quantitative estimate of drug-likeness (QED) is 0.147. The van der Waals surface area contributed by atoms with E-state index in [4.69, 9.17) is 0 Å². The lowest BCUT2D eigenvalue weighted by Crippen LogP contribution is -2.28. The third-order valence-corrected chi connectivity index (χ3v) is 16.5. The van der Waals surface area contributed by atoms with Gasteiger partial charge in [0.2, 0.25) is 0 Å². The Morgan fingerprint density at radius 3 is 0.973 bits per heavy atom. The Balaban J connectivity index is 1.00. The van der Waals surface area contributed by atoms with Crippen LogP contribution in [0.5, 0.6) is 0 Å². The number of anilines is 3. The molecule has 0 aliphatic heterocycles. The average Bonchev–Trinajstić information content (AvgIpc) is 4.21. The fraction of sp³-hybridized carbons (Fsp3) is 0.0270. The predicted molar refractivity (Wildman–Crippen MR) is 311 cm³/mol. The summed E-state index contributed by atoms with van der Waals surface area (Å²) in [5.41, 5.74) is 27.4. The molecule has 0 aromatic heterocycles. The van der Waals surface area contributed by atoms with E-state index in [1.165, 1.54) is 106 Å². The molecular weight excluding hydrogens is 903 g/mol. The molecule has 0 unspecified atom stereocenters. The molecule has 0 fully saturated rings. The van der Waals surface area contributed by atoms with Gasteiger partial charge in [-0.05, 0) is 143 Å². The summed E-state index contributed by atoms with van der Waals surface area (Å²) in [4.78, 5) is 2.59. The van der Waals surface area contributed by atoms with Gasteiger partial charge < -0.3 is 4.90 Å². The molecule has 0 saturated heterocycles. The van der Waals surface area contributed by atoms with Gasteiger partial charge in [0.25, 0.3) is 0 Å². The lowest BCUT2D eigenvalue weighted by Gasteiger charge is -2.35. The first-order chi connectivity index (χ1) is 37.2. The van der Waals surface area contributed by atoms with Gasteiger partial charge in [-0.15, -0.1) is 0 Å². The molecule has 75 heavy (non-hydrogen) atoms. The summed E-state index contributed by atoms with van der Waals surface area (Å²) in [6.07, 6.45) is 0. The lowest BCUT2D eigenvalue weighted by atomic mass is 9.68. The highest BCUT2D eigenvalue weighted by atomic mass is 15.1. The Bertz CT molecular complexity index is 3920. The van der Waals surface area contributed by atoms with Crippen LogP contribution in [0.2, 0.25) is 0 Å². The van der Waals surface area contributed by atoms with Crippen LogP contribution in [0.3, 0.4) is 0 Å². The van der Waals surface area contributed by atoms with Crippen molar-refractivity contribution in [3.63, 3.8) is 0 Å². The van der Waals surface area contributed by atoms with Crippen LogP contribution in [0, 0.1) is 0 Å². The molecular formula is C74H49N. The Kier molecular flexibility index (Phi) is 9.77. The summed E-state index contributed by atoms with van der Waals surface area (Å²) in [5.74, 6) is 0. The van der Waals surface area contributed by atoms with Crippen LogP contribution in [0.25, 0.3) is 66.8 Å². The second-order valence-corrected chi connectivity index (χ2v) is 20.2. The van der Waals surface area contributed by atoms with Crippen molar-refractivity contribution in [2.75, 3.05) is 4.90 Å². The standard InChI is InChI=1S/C74H49N/c1-5-23-50(24-6-1)53-47-54(51-25-7-2-8-26-51)49-55(48-53)52-43-45-58(46-44-52)75(69-41-21-39-67-71(69)61-33-15-19-37-65(61)73(67,56-27-9-3-10-28-56)57-29-11-4-12-30-57)70-42-22-40-68-72(70)62-34-16-20-38-66(62)74(68)63-35-17-13-31-59(63)60-32-14-18-36-64(60)74/h1-49H. The molecule has 1 spiro atoms. The molecule has 3 aliphatic rings. The Morgan fingerprint density at radius 2 is 0.533 bits per heavy atom. The van der Waals surface area contributed by atoms with Crippen molar-refractivity contribution in [3.8, 4) is 66.8 Å². The van der Waals surface area contributed by atoms with Crippen molar-refractivity contribution in [2.45, 2.75) is 10.8 Å². The zero-order valence-electron chi connectivity index (χ0n) is 41.2. The molecule has 0 N–H and O–H groups in total. The van der Waals surface area contributed by atoms with E-state index >= 15 is 0 Å². The number of nitrogens with zero attached hydrogens (tertiary/aromatic N) is 1. The van der Waals surface area contributed by atoms with Crippen molar-refractivity contribution in [3.05, 3.63) is 342 Å². The monoisotopic (exact) mass is 951 g/mol. The van der Waals surface area contributed by atoms with Crippen molar-refractivity contribution in [2.24, 2.45) is 0 Å². The second kappa shape index (κ2) is 17.0. The van der Waals surface area contributed by atoms with Crippen LogP contribution in [0.4, 0.5) is 17.1 Å². The maximum atomic E-state index is 2.59. The van der Waals surface area contributed by atoms with E-state index in [1.54, 1.807) is 0 Å². The summed E-state index contributed by atoms with van der Waals surface area (Å²) < 4.78 is 0. The maximum Gasteiger partial charge on any atom is 0.0726 e. The first-order valence-electron chi connectivity index (χ1n) is 26.2. The minimum Gasteiger partial charge on any atom is -0.309 e. The van der Waals surface area contributed by atoms with E-state index < -0.39 is 10.8 Å². The van der Waals surface area contributed by atoms with Gasteiger partial charge in [0.15, 0.2) is 0 Å². The van der Waals surface area contributed by atoms with Crippen LogP contribution >= 0.6 is 0 Å². The highest BCUT2D eigenvalue weighted by Gasteiger charge is 2.53. The highest BCUT2D eigenvalue weighted by Crippen LogP contribution is 2.66. The summed E-state index contributed by atoms with van der Waals surface area (Å²) in [6, 6.07) is 111. The van der Waals surface area contributed by atoms with E-state index in [0.717, 1.165) is 22.6 Å². The molecule has 0 atom stereocenters. The number of benzene rings is 12. The molecule has 1 heteroatoms. The van der Waals surface area contributed by atoms with Gasteiger partial charge in [0, 0.05) is 16.8 Å². The minimum atomic E-state index is -0.563. The number of fused-ring (bicyclic) bond motifs is 13. The van der Waals surface area contributed by atoms with Gasteiger partial charge in [-0.3, -0.25) is 0 Å². The fourth-order valence-electron chi connectivity index (χ4n) is 13.6. The zero-order valence-corrected chi connectivity index (χ0v) is 41.2. The lowest BCUT2D eigenvalue weighted by molar-refractivity contribution is 0.768. The smallest absolute Gasteiger partial charge is 0.0726 e. The van der Waals surface area contributed by atoms with Crippen LogP contribution < -0.4 is 4.90 Å². The van der Waals surface area contributed by atoms with Gasteiger partial charge in [0.05, 0.1) is 22.2 Å². The summed E-state index contributed by atoms with van der Waals surface area (Å²) in [5, 5.41) is 0. The van der Waals surface area contributed by atoms with Crippen molar-refractivity contribution >= 4 is 17.1 Å². The highest BCUT2D eigenvalue weighted by molar-refractivity contribution is 6.04. The fourth-order valence-corrected chi connectivity index (χ4v) is 13.6. The van der Waals surface area contributed by atoms with Crippen LogP contribution in [0.1, 0.15) is 44.5 Å².